The second kappa shape index (κ2) is 7.17. The largest absolute Gasteiger partial charge is 0.494 e. The number of rotatable bonds is 6. The monoisotopic (exact) mass is 240 g/mol. The van der Waals surface area contributed by atoms with Gasteiger partial charge in [0.2, 0.25) is 0 Å². The van der Waals surface area contributed by atoms with Gasteiger partial charge in [0, 0.05) is 0 Å². The molecule has 0 saturated heterocycles. The summed E-state index contributed by atoms with van der Waals surface area (Å²) in [6.45, 7) is 2.81. The average Bonchev–Trinajstić information content (AvgIpc) is 2.30. The number of carbonyl (C=O) groups excluding carboxylic acids is 1. The summed E-state index contributed by atoms with van der Waals surface area (Å²) in [6, 6.07) is 6.94. The van der Waals surface area contributed by atoms with E-state index in [1.165, 1.54) is 0 Å². The fourth-order valence-electron chi connectivity index (χ4n) is 1.16. The molecular weight excluding hydrogens is 224 g/mol. The fourth-order valence-corrected chi connectivity index (χ4v) is 1.29. The van der Waals surface area contributed by atoms with Crippen LogP contribution in [-0.4, -0.2) is 24.9 Å². The summed E-state index contributed by atoms with van der Waals surface area (Å²) in [4.78, 5) is 11.3. The first-order valence-electron chi connectivity index (χ1n) is 5.28. The van der Waals surface area contributed by atoms with E-state index in [1.54, 1.807) is 31.2 Å². The molecule has 0 fully saturated rings. The quantitative estimate of drug-likeness (QED) is 0.471. The second-order valence-corrected chi connectivity index (χ2v) is 3.62. The minimum Gasteiger partial charge on any atom is -0.494 e. The molecule has 88 valence electrons. The maximum absolute atomic E-state index is 11.3. The van der Waals surface area contributed by atoms with E-state index in [0.29, 0.717) is 18.8 Å². The van der Waals surface area contributed by atoms with E-state index in [9.17, 15) is 4.79 Å². The average molecular weight is 240 g/mol. The van der Waals surface area contributed by atoms with E-state index in [-0.39, 0.29) is 5.97 Å². The molecule has 0 radical (unpaired) electrons. The zero-order valence-corrected chi connectivity index (χ0v) is 10.2. The lowest BCUT2D eigenvalue weighted by Gasteiger charge is -2.06. The van der Waals surface area contributed by atoms with Crippen molar-refractivity contribution in [2.75, 3.05) is 19.0 Å². The minimum atomic E-state index is -0.301. The van der Waals surface area contributed by atoms with Crippen molar-refractivity contribution >= 4 is 18.6 Å². The zero-order valence-electron chi connectivity index (χ0n) is 9.31. The lowest BCUT2D eigenvalue weighted by molar-refractivity contribution is 0.0526. The van der Waals surface area contributed by atoms with Crippen LogP contribution in [0.1, 0.15) is 23.7 Å². The number of hydrogen-bond acceptors (Lipinski definition) is 4. The van der Waals surface area contributed by atoms with Gasteiger partial charge in [0.1, 0.15) is 5.75 Å². The van der Waals surface area contributed by atoms with Gasteiger partial charge >= 0.3 is 5.97 Å². The Balaban J connectivity index is 2.50. The molecule has 0 heterocycles. The lowest BCUT2D eigenvalue weighted by atomic mass is 10.2. The third kappa shape index (κ3) is 4.14. The van der Waals surface area contributed by atoms with Crippen molar-refractivity contribution in [1.29, 1.82) is 0 Å². The summed E-state index contributed by atoms with van der Waals surface area (Å²) in [5.41, 5.74) is 0.545. The van der Waals surface area contributed by atoms with Crippen molar-refractivity contribution in [1.82, 2.24) is 0 Å². The molecule has 3 nitrogen and oxygen atoms in total. The van der Waals surface area contributed by atoms with Crippen molar-refractivity contribution in [3.63, 3.8) is 0 Å². The van der Waals surface area contributed by atoms with Crippen LogP contribution in [0.5, 0.6) is 5.75 Å². The molecule has 1 aromatic carbocycles. The van der Waals surface area contributed by atoms with Gasteiger partial charge in [-0.1, -0.05) is 0 Å². The first-order chi connectivity index (χ1) is 7.77. The molecule has 1 rings (SSSR count). The number of benzene rings is 1. The van der Waals surface area contributed by atoms with Gasteiger partial charge in [0.15, 0.2) is 0 Å². The maximum atomic E-state index is 11.3. The third-order valence-electron chi connectivity index (χ3n) is 1.94. The highest BCUT2D eigenvalue weighted by Gasteiger charge is 2.05. The maximum Gasteiger partial charge on any atom is 0.338 e. The zero-order chi connectivity index (χ0) is 11.8. The van der Waals surface area contributed by atoms with E-state index in [4.69, 9.17) is 9.47 Å². The summed E-state index contributed by atoms with van der Waals surface area (Å²) in [5.74, 6) is 1.26. The van der Waals surface area contributed by atoms with Crippen molar-refractivity contribution in [2.24, 2.45) is 0 Å². The summed E-state index contributed by atoms with van der Waals surface area (Å²) in [7, 11) is 0. The van der Waals surface area contributed by atoms with E-state index < -0.39 is 0 Å². The Morgan fingerprint density at radius 3 is 2.56 bits per heavy atom. The molecule has 0 aromatic heterocycles. The molecule has 0 unspecified atom stereocenters. The van der Waals surface area contributed by atoms with E-state index in [1.807, 2.05) is 0 Å². The SMILES string of the molecule is CCOC(=O)c1ccc(OCCCS)cc1. The van der Waals surface area contributed by atoms with Gasteiger partial charge in [-0.2, -0.15) is 12.6 Å². The Bertz CT molecular complexity index is 322. The predicted molar refractivity (Wildman–Crippen MR) is 66.4 cm³/mol. The molecule has 4 heteroatoms. The van der Waals surface area contributed by atoms with Gasteiger partial charge in [-0.05, 0) is 43.4 Å². The number of carbonyl (C=O) groups is 1. The van der Waals surface area contributed by atoms with E-state index >= 15 is 0 Å². The van der Waals surface area contributed by atoms with Crippen LogP contribution in [0.3, 0.4) is 0 Å². The summed E-state index contributed by atoms with van der Waals surface area (Å²) in [5, 5.41) is 0. The third-order valence-corrected chi connectivity index (χ3v) is 2.25. The normalized spacial score (nSPS) is 9.88. The Hall–Kier alpha value is -1.16. The van der Waals surface area contributed by atoms with Gasteiger partial charge in [-0.3, -0.25) is 0 Å². The lowest BCUT2D eigenvalue weighted by Crippen LogP contribution is -2.04. The van der Waals surface area contributed by atoms with Crippen molar-refractivity contribution in [2.45, 2.75) is 13.3 Å². The number of thiol groups is 1. The van der Waals surface area contributed by atoms with Crippen LogP contribution >= 0.6 is 12.6 Å². The van der Waals surface area contributed by atoms with Crippen molar-refractivity contribution < 1.29 is 14.3 Å². The van der Waals surface area contributed by atoms with E-state index in [2.05, 4.69) is 12.6 Å². The summed E-state index contributed by atoms with van der Waals surface area (Å²) in [6.07, 6.45) is 0.905. The number of ether oxygens (including phenoxy) is 2. The van der Waals surface area contributed by atoms with Gasteiger partial charge in [0.05, 0.1) is 18.8 Å². The molecule has 0 aliphatic heterocycles. The van der Waals surface area contributed by atoms with Crippen LogP contribution in [-0.2, 0) is 4.74 Å². The molecule has 0 aliphatic carbocycles. The highest BCUT2D eigenvalue weighted by atomic mass is 32.1. The second-order valence-electron chi connectivity index (χ2n) is 3.17. The summed E-state index contributed by atoms with van der Waals surface area (Å²) >= 11 is 4.09. The smallest absolute Gasteiger partial charge is 0.338 e. The van der Waals surface area contributed by atoms with Crippen molar-refractivity contribution in [3.8, 4) is 5.75 Å². The van der Waals surface area contributed by atoms with Crippen LogP contribution in [0.2, 0.25) is 0 Å². The fraction of sp³-hybridized carbons (Fsp3) is 0.417. The van der Waals surface area contributed by atoms with Crippen LogP contribution in [0.15, 0.2) is 24.3 Å². The van der Waals surface area contributed by atoms with Gasteiger partial charge in [0.25, 0.3) is 0 Å². The Morgan fingerprint density at radius 2 is 2.00 bits per heavy atom. The number of hydrogen-bond donors (Lipinski definition) is 1. The summed E-state index contributed by atoms with van der Waals surface area (Å²) < 4.78 is 10.3. The molecule has 0 aliphatic rings. The molecular formula is C12H16O3S. The molecule has 0 atom stereocenters. The highest BCUT2D eigenvalue weighted by molar-refractivity contribution is 7.80. The standard InChI is InChI=1S/C12H16O3S/c1-2-14-12(13)10-4-6-11(7-5-10)15-8-3-9-16/h4-7,16H,2-3,8-9H2,1H3. The minimum absolute atomic E-state index is 0.301. The highest BCUT2D eigenvalue weighted by Crippen LogP contribution is 2.13. The molecule has 0 saturated carbocycles. The molecule has 0 N–H and O–H groups in total. The predicted octanol–water partition coefficient (Wildman–Crippen LogP) is 2.56. The topological polar surface area (TPSA) is 35.5 Å². The Kier molecular flexibility index (Phi) is 5.78. The molecule has 16 heavy (non-hydrogen) atoms. The van der Waals surface area contributed by atoms with Gasteiger partial charge < -0.3 is 9.47 Å². The van der Waals surface area contributed by atoms with Gasteiger partial charge in [-0.15, -0.1) is 0 Å². The van der Waals surface area contributed by atoms with E-state index in [0.717, 1.165) is 17.9 Å². The van der Waals surface area contributed by atoms with Crippen LogP contribution < -0.4 is 4.74 Å². The number of esters is 1. The Labute approximate surface area is 101 Å². The van der Waals surface area contributed by atoms with Crippen LogP contribution in [0, 0.1) is 0 Å². The molecule has 1 aromatic rings. The Morgan fingerprint density at radius 1 is 1.31 bits per heavy atom. The first kappa shape index (κ1) is 12.9. The molecule has 0 spiro atoms. The molecule has 0 amide bonds. The first-order valence-corrected chi connectivity index (χ1v) is 5.92. The molecule has 0 bridgehead atoms. The van der Waals surface area contributed by atoms with Crippen LogP contribution in [0.4, 0.5) is 0 Å². The van der Waals surface area contributed by atoms with Crippen LogP contribution in [0.25, 0.3) is 0 Å². The van der Waals surface area contributed by atoms with Gasteiger partial charge in [-0.25, -0.2) is 4.79 Å². The van der Waals surface area contributed by atoms with Crippen molar-refractivity contribution in [3.05, 3.63) is 29.8 Å².